The second kappa shape index (κ2) is 9.94. The number of furan rings is 1. The van der Waals surface area contributed by atoms with Crippen LogP contribution in [0.25, 0.3) is 120 Å². The summed E-state index contributed by atoms with van der Waals surface area (Å²) in [5.74, 6) is 0. The zero-order valence-electron chi connectivity index (χ0n) is 27.6. The van der Waals surface area contributed by atoms with Gasteiger partial charge < -0.3 is 4.42 Å². The van der Waals surface area contributed by atoms with Crippen molar-refractivity contribution in [2.75, 3.05) is 0 Å². The lowest BCUT2D eigenvalue weighted by Crippen LogP contribution is -1.90. The summed E-state index contributed by atoms with van der Waals surface area (Å²) in [6.45, 7) is 0. The topological polar surface area (TPSA) is 13.1 Å². The first-order valence-electron chi connectivity index (χ1n) is 17.7. The summed E-state index contributed by atoms with van der Waals surface area (Å²) in [4.78, 5) is 0. The minimum absolute atomic E-state index is 0.927. The lowest BCUT2D eigenvalue weighted by molar-refractivity contribution is 0.674. The number of hydrogen-bond donors (Lipinski definition) is 0. The second-order valence-corrected chi connectivity index (χ2v) is 14.0. The minimum atomic E-state index is 0.927. The van der Waals surface area contributed by atoms with Crippen LogP contribution in [-0.4, -0.2) is 0 Å². The SMILES string of the molecule is c1ccc2c(-c3ccc(-c4ccc5ccc6cccc7ccc4c5c67)c4oc5c6ccccc6ccc5c34)c3ccc4ccccc4c3cc2c1. The summed E-state index contributed by atoms with van der Waals surface area (Å²) in [5.41, 5.74) is 6.60. The van der Waals surface area contributed by atoms with Crippen LogP contribution in [-0.2, 0) is 0 Å². The van der Waals surface area contributed by atoms with Crippen molar-refractivity contribution in [3.8, 4) is 22.3 Å². The molecule has 1 heterocycles. The van der Waals surface area contributed by atoms with Gasteiger partial charge >= 0.3 is 0 Å². The Bertz CT molecular complexity index is 3400. The predicted molar refractivity (Wildman–Crippen MR) is 218 cm³/mol. The fraction of sp³-hybridized carbons (Fsp3) is 0. The molecular formula is C50H28O. The van der Waals surface area contributed by atoms with E-state index in [1.54, 1.807) is 0 Å². The van der Waals surface area contributed by atoms with E-state index in [1.807, 2.05) is 0 Å². The van der Waals surface area contributed by atoms with Gasteiger partial charge in [0, 0.05) is 21.7 Å². The molecule has 11 aromatic carbocycles. The smallest absolute Gasteiger partial charge is 0.143 e. The van der Waals surface area contributed by atoms with Crippen LogP contribution < -0.4 is 0 Å². The van der Waals surface area contributed by atoms with Crippen molar-refractivity contribution in [3.63, 3.8) is 0 Å². The fourth-order valence-corrected chi connectivity index (χ4v) is 9.11. The number of rotatable bonds is 2. The van der Waals surface area contributed by atoms with E-state index in [1.165, 1.54) is 86.7 Å². The largest absolute Gasteiger partial charge is 0.455 e. The van der Waals surface area contributed by atoms with Gasteiger partial charge in [0.15, 0.2) is 0 Å². The van der Waals surface area contributed by atoms with E-state index in [0.29, 0.717) is 0 Å². The average molecular weight is 645 g/mol. The van der Waals surface area contributed by atoms with Crippen molar-refractivity contribution in [2.45, 2.75) is 0 Å². The summed E-state index contributed by atoms with van der Waals surface area (Å²) in [5, 5.41) is 19.8. The third kappa shape index (κ3) is 3.65. The van der Waals surface area contributed by atoms with Crippen molar-refractivity contribution < 1.29 is 4.42 Å². The van der Waals surface area contributed by atoms with Gasteiger partial charge in [-0.15, -0.1) is 0 Å². The Balaban J connectivity index is 1.26. The number of fused-ring (bicyclic) bond motifs is 9. The van der Waals surface area contributed by atoms with Crippen molar-refractivity contribution in [1.29, 1.82) is 0 Å². The zero-order chi connectivity index (χ0) is 33.2. The van der Waals surface area contributed by atoms with E-state index in [9.17, 15) is 0 Å². The Labute approximate surface area is 292 Å². The molecule has 234 valence electrons. The maximum atomic E-state index is 7.20. The molecule has 0 spiro atoms. The molecule has 0 N–H and O–H groups in total. The Morgan fingerprint density at radius 3 is 1.63 bits per heavy atom. The zero-order valence-corrected chi connectivity index (χ0v) is 27.6. The highest BCUT2D eigenvalue weighted by molar-refractivity contribution is 6.30. The first-order valence-corrected chi connectivity index (χ1v) is 17.7. The average Bonchev–Trinajstić information content (AvgIpc) is 3.59. The summed E-state index contributed by atoms with van der Waals surface area (Å²) in [6, 6.07) is 62.6. The second-order valence-electron chi connectivity index (χ2n) is 14.0. The molecule has 0 saturated carbocycles. The maximum absolute atomic E-state index is 7.20. The van der Waals surface area contributed by atoms with Gasteiger partial charge in [0.1, 0.15) is 11.2 Å². The minimum Gasteiger partial charge on any atom is -0.455 e. The van der Waals surface area contributed by atoms with E-state index in [2.05, 4.69) is 170 Å². The summed E-state index contributed by atoms with van der Waals surface area (Å²) < 4.78 is 7.20. The number of hydrogen-bond acceptors (Lipinski definition) is 1. The first kappa shape index (κ1) is 27.2. The Kier molecular flexibility index (Phi) is 5.29. The molecule has 0 aliphatic carbocycles. The molecule has 0 radical (unpaired) electrons. The maximum Gasteiger partial charge on any atom is 0.143 e. The van der Waals surface area contributed by atoms with Crippen LogP contribution in [0.3, 0.4) is 0 Å². The first-order chi connectivity index (χ1) is 25.3. The molecular weight excluding hydrogens is 617 g/mol. The van der Waals surface area contributed by atoms with Crippen LogP contribution in [0.15, 0.2) is 174 Å². The molecule has 0 atom stereocenters. The van der Waals surface area contributed by atoms with Gasteiger partial charge in [-0.3, -0.25) is 0 Å². The van der Waals surface area contributed by atoms with Gasteiger partial charge in [0.25, 0.3) is 0 Å². The van der Waals surface area contributed by atoms with Crippen LogP contribution in [0.1, 0.15) is 0 Å². The Morgan fingerprint density at radius 2 is 0.804 bits per heavy atom. The molecule has 1 aromatic heterocycles. The van der Waals surface area contributed by atoms with Crippen molar-refractivity contribution in [1.82, 2.24) is 0 Å². The standard InChI is InChI=1S/C50H28O/c1-4-13-35-29(8-1)18-23-40-44(35)28-34-10-3-5-14-36(34)47(40)42-27-26-41(50-48(42)43-25-19-30-9-2-6-15-37(30)49(43)51-50)38-22-20-33-17-16-31-11-7-12-32-21-24-39(38)46(33)45(31)32/h1-28H. The lowest BCUT2D eigenvalue weighted by Gasteiger charge is -2.17. The van der Waals surface area contributed by atoms with Crippen molar-refractivity contribution >= 4 is 97.3 Å². The van der Waals surface area contributed by atoms with Crippen LogP contribution in [0.2, 0.25) is 0 Å². The third-order valence-electron chi connectivity index (χ3n) is 11.4. The van der Waals surface area contributed by atoms with E-state index >= 15 is 0 Å². The molecule has 0 amide bonds. The van der Waals surface area contributed by atoms with Gasteiger partial charge in [-0.1, -0.05) is 152 Å². The molecule has 0 bridgehead atoms. The van der Waals surface area contributed by atoms with Crippen LogP contribution in [0, 0.1) is 0 Å². The molecule has 12 rings (SSSR count). The van der Waals surface area contributed by atoms with Crippen LogP contribution in [0.4, 0.5) is 0 Å². The van der Waals surface area contributed by atoms with E-state index in [0.717, 1.165) is 32.9 Å². The van der Waals surface area contributed by atoms with Crippen LogP contribution in [0.5, 0.6) is 0 Å². The van der Waals surface area contributed by atoms with E-state index in [4.69, 9.17) is 4.42 Å². The molecule has 0 unspecified atom stereocenters. The lowest BCUT2D eigenvalue weighted by atomic mass is 9.86. The molecule has 51 heavy (non-hydrogen) atoms. The molecule has 12 aromatic rings. The monoisotopic (exact) mass is 644 g/mol. The molecule has 0 aliphatic heterocycles. The van der Waals surface area contributed by atoms with E-state index in [-0.39, 0.29) is 0 Å². The predicted octanol–water partition coefficient (Wildman–Crippen LogP) is 14.4. The van der Waals surface area contributed by atoms with Gasteiger partial charge in [0.05, 0.1) is 0 Å². The number of benzene rings is 11. The van der Waals surface area contributed by atoms with Gasteiger partial charge in [-0.25, -0.2) is 0 Å². The fourth-order valence-electron chi connectivity index (χ4n) is 9.11. The molecule has 0 aliphatic rings. The highest BCUT2D eigenvalue weighted by Gasteiger charge is 2.23. The Morgan fingerprint density at radius 1 is 0.255 bits per heavy atom. The summed E-state index contributed by atoms with van der Waals surface area (Å²) >= 11 is 0. The molecule has 0 fully saturated rings. The summed E-state index contributed by atoms with van der Waals surface area (Å²) in [7, 11) is 0. The van der Waals surface area contributed by atoms with Gasteiger partial charge in [-0.05, 0) is 105 Å². The van der Waals surface area contributed by atoms with Crippen LogP contribution >= 0.6 is 0 Å². The normalized spacial score (nSPS) is 12.3. The Hall–Kier alpha value is -6.70. The summed E-state index contributed by atoms with van der Waals surface area (Å²) in [6.07, 6.45) is 0. The van der Waals surface area contributed by atoms with Gasteiger partial charge in [0.2, 0.25) is 0 Å². The molecule has 0 saturated heterocycles. The van der Waals surface area contributed by atoms with Crippen molar-refractivity contribution in [3.05, 3.63) is 170 Å². The quantitative estimate of drug-likeness (QED) is 0.135. The third-order valence-corrected chi connectivity index (χ3v) is 11.4. The molecule has 1 nitrogen and oxygen atoms in total. The van der Waals surface area contributed by atoms with Gasteiger partial charge in [-0.2, -0.15) is 0 Å². The highest BCUT2D eigenvalue weighted by atomic mass is 16.3. The molecule has 1 heteroatoms. The van der Waals surface area contributed by atoms with Crippen molar-refractivity contribution in [2.24, 2.45) is 0 Å². The van der Waals surface area contributed by atoms with E-state index < -0.39 is 0 Å². The highest BCUT2D eigenvalue weighted by Crippen LogP contribution is 2.49.